The lowest BCUT2D eigenvalue weighted by Crippen LogP contribution is -2.22. The number of benzene rings is 1. The van der Waals surface area contributed by atoms with Crippen molar-refractivity contribution >= 4 is 17.7 Å². The van der Waals surface area contributed by atoms with Gasteiger partial charge in [0, 0.05) is 18.7 Å². The number of hydrogen-bond acceptors (Lipinski definition) is 3. The van der Waals surface area contributed by atoms with Crippen molar-refractivity contribution in [1.29, 1.82) is 0 Å². The molecule has 0 heterocycles. The van der Waals surface area contributed by atoms with E-state index in [9.17, 15) is 9.59 Å². The summed E-state index contributed by atoms with van der Waals surface area (Å²) in [5.41, 5.74) is 1.66. The highest BCUT2D eigenvalue weighted by Crippen LogP contribution is 2.10. The van der Waals surface area contributed by atoms with Gasteiger partial charge in [-0.3, -0.25) is 10.1 Å². The number of carbonyl (C=O) groups is 2. The summed E-state index contributed by atoms with van der Waals surface area (Å²) in [4.78, 5) is 22.8. The highest BCUT2D eigenvalue weighted by molar-refractivity contribution is 5.84. The van der Waals surface area contributed by atoms with Gasteiger partial charge in [-0.05, 0) is 24.1 Å². The minimum atomic E-state index is -0.496. The van der Waals surface area contributed by atoms with Crippen LogP contribution < -0.4 is 10.6 Å². The van der Waals surface area contributed by atoms with Crippen LogP contribution in [0.15, 0.2) is 24.3 Å². The van der Waals surface area contributed by atoms with E-state index in [1.165, 1.54) is 26.4 Å². The molecule has 0 atom stereocenters. The third kappa shape index (κ3) is 7.67. The number of methoxy groups -OCH3 is 1. The predicted octanol–water partition coefficient (Wildman–Crippen LogP) is 3.84. The second-order valence-corrected chi connectivity index (χ2v) is 5.25. The van der Waals surface area contributed by atoms with Gasteiger partial charge < -0.3 is 10.1 Å². The Kier molecular flexibility index (Phi) is 8.72. The first-order valence-corrected chi connectivity index (χ1v) is 7.86. The van der Waals surface area contributed by atoms with Crippen molar-refractivity contribution < 1.29 is 14.3 Å². The topological polar surface area (TPSA) is 67.4 Å². The summed E-state index contributed by atoms with van der Waals surface area (Å²) < 4.78 is 4.52. The molecular weight excluding hydrogens is 280 g/mol. The van der Waals surface area contributed by atoms with E-state index in [0.717, 1.165) is 18.4 Å². The second-order valence-electron chi connectivity index (χ2n) is 5.25. The summed E-state index contributed by atoms with van der Waals surface area (Å²) in [6.07, 6.45) is 5.83. The molecule has 0 saturated heterocycles. The Morgan fingerprint density at radius 2 is 1.73 bits per heavy atom. The fourth-order valence-electron chi connectivity index (χ4n) is 2.05. The number of rotatable bonds is 9. The van der Waals surface area contributed by atoms with Crippen molar-refractivity contribution in [3.8, 4) is 0 Å². The average Bonchev–Trinajstić information content (AvgIpc) is 2.54. The number of amides is 2. The minimum absolute atomic E-state index is 0.0910. The summed E-state index contributed by atoms with van der Waals surface area (Å²) in [6, 6.07) is 7.30. The molecule has 0 fully saturated rings. The van der Waals surface area contributed by atoms with Crippen LogP contribution in [-0.4, -0.2) is 19.1 Å². The molecule has 5 nitrogen and oxygen atoms in total. The largest absolute Gasteiger partial charge is 0.453 e. The van der Waals surface area contributed by atoms with Crippen LogP contribution in [0, 0.1) is 0 Å². The molecule has 0 bridgehead atoms. The molecule has 0 aliphatic carbocycles. The Balaban J connectivity index is 2.23. The lowest BCUT2D eigenvalue weighted by Gasteiger charge is -2.07. The molecule has 0 radical (unpaired) electrons. The highest BCUT2D eigenvalue weighted by atomic mass is 16.5. The molecule has 1 aromatic carbocycles. The van der Waals surface area contributed by atoms with Crippen LogP contribution in [0.4, 0.5) is 10.5 Å². The summed E-state index contributed by atoms with van der Waals surface area (Å²) in [6.45, 7) is 2.69. The number of anilines is 1. The van der Waals surface area contributed by atoms with Crippen molar-refractivity contribution in [2.75, 3.05) is 12.4 Å². The van der Waals surface area contributed by atoms with Crippen LogP contribution in [0.2, 0.25) is 0 Å². The molecule has 2 amide bonds. The lowest BCUT2D eigenvalue weighted by atomic mass is 10.1. The van der Waals surface area contributed by atoms with Crippen molar-refractivity contribution in [1.82, 2.24) is 5.32 Å². The molecule has 0 unspecified atom stereocenters. The zero-order valence-electron chi connectivity index (χ0n) is 13.5. The zero-order chi connectivity index (χ0) is 16.2. The zero-order valence-corrected chi connectivity index (χ0v) is 13.5. The van der Waals surface area contributed by atoms with Gasteiger partial charge in [-0.15, -0.1) is 0 Å². The molecule has 0 saturated carbocycles. The Morgan fingerprint density at radius 1 is 1.05 bits per heavy atom. The maximum Gasteiger partial charge on any atom is 0.411 e. The number of hydrogen-bond donors (Lipinski definition) is 2. The number of unbranched alkanes of at least 4 members (excludes halogenated alkanes) is 4. The van der Waals surface area contributed by atoms with E-state index in [1.807, 2.05) is 12.1 Å². The maximum atomic E-state index is 11.7. The summed E-state index contributed by atoms with van der Waals surface area (Å²) in [7, 11) is 1.32. The first kappa shape index (κ1) is 18.0. The molecule has 5 heteroatoms. The van der Waals surface area contributed by atoms with E-state index < -0.39 is 6.09 Å². The minimum Gasteiger partial charge on any atom is -0.453 e. The first-order chi connectivity index (χ1) is 10.7. The Bertz CT molecular complexity index is 457. The quantitative estimate of drug-likeness (QED) is 0.681. The first-order valence-electron chi connectivity index (χ1n) is 7.86. The predicted molar refractivity (Wildman–Crippen MR) is 87.7 cm³/mol. The van der Waals surface area contributed by atoms with Gasteiger partial charge in [0.1, 0.15) is 0 Å². The molecule has 0 spiro atoms. The fourth-order valence-corrected chi connectivity index (χ4v) is 2.05. The molecule has 122 valence electrons. The van der Waals surface area contributed by atoms with Gasteiger partial charge in [0.15, 0.2) is 0 Å². The van der Waals surface area contributed by atoms with Crippen molar-refractivity contribution in [2.24, 2.45) is 0 Å². The summed E-state index contributed by atoms with van der Waals surface area (Å²) in [5.74, 6) is 0.0910. The monoisotopic (exact) mass is 306 g/mol. The van der Waals surface area contributed by atoms with Gasteiger partial charge in [-0.25, -0.2) is 4.79 Å². The highest BCUT2D eigenvalue weighted by Gasteiger charge is 2.03. The smallest absolute Gasteiger partial charge is 0.411 e. The second kappa shape index (κ2) is 10.7. The Labute approximate surface area is 132 Å². The van der Waals surface area contributed by atoms with Crippen molar-refractivity contribution in [3.63, 3.8) is 0 Å². The summed E-state index contributed by atoms with van der Waals surface area (Å²) in [5, 5.41) is 5.49. The third-order valence-corrected chi connectivity index (χ3v) is 3.38. The molecule has 22 heavy (non-hydrogen) atoms. The average molecular weight is 306 g/mol. The number of carbonyl (C=O) groups excluding carboxylic acids is 2. The molecule has 2 N–H and O–H groups in total. The van der Waals surface area contributed by atoms with Crippen LogP contribution >= 0.6 is 0 Å². The van der Waals surface area contributed by atoms with E-state index in [-0.39, 0.29) is 5.91 Å². The van der Waals surface area contributed by atoms with Crippen LogP contribution in [0.1, 0.15) is 51.0 Å². The summed E-state index contributed by atoms with van der Waals surface area (Å²) >= 11 is 0. The normalized spacial score (nSPS) is 10.1. The van der Waals surface area contributed by atoms with Gasteiger partial charge in [0.05, 0.1) is 7.11 Å². The number of nitrogens with one attached hydrogen (secondary N) is 2. The van der Waals surface area contributed by atoms with Gasteiger partial charge >= 0.3 is 6.09 Å². The fraction of sp³-hybridized carbons (Fsp3) is 0.529. The van der Waals surface area contributed by atoms with E-state index in [4.69, 9.17) is 0 Å². The van der Waals surface area contributed by atoms with Crippen LogP contribution in [-0.2, 0) is 16.1 Å². The Hall–Kier alpha value is -2.04. The van der Waals surface area contributed by atoms with Gasteiger partial charge in [0.25, 0.3) is 0 Å². The third-order valence-electron chi connectivity index (χ3n) is 3.38. The standard InChI is InChI=1S/C17H26N2O3/c1-3-4-5-6-7-8-16(20)18-13-14-9-11-15(12-10-14)19-17(21)22-2/h9-12H,3-8,13H2,1-2H3,(H,18,20)(H,19,21). The maximum absolute atomic E-state index is 11.7. The van der Waals surface area contributed by atoms with Gasteiger partial charge in [0.2, 0.25) is 5.91 Å². The van der Waals surface area contributed by atoms with E-state index in [1.54, 1.807) is 12.1 Å². The van der Waals surface area contributed by atoms with Gasteiger partial charge in [-0.2, -0.15) is 0 Å². The van der Waals surface area contributed by atoms with E-state index in [0.29, 0.717) is 18.7 Å². The SMILES string of the molecule is CCCCCCCC(=O)NCc1ccc(NC(=O)OC)cc1. The van der Waals surface area contributed by atoms with Crippen LogP contribution in [0.5, 0.6) is 0 Å². The van der Waals surface area contributed by atoms with Crippen molar-refractivity contribution in [2.45, 2.75) is 52.0 Å². The molecule has 1 aromatic rings. The van der Waals surface area contributed by atoms with Crippen molar-refractivity contribution in [3.05, 3.63) is 29.8 Å². The molecule has 1 rings (SSSR count). The lowest BCUT2D eigenvalue weighted by molar-refractivity contribution is -0.121. The van der Waals surface area contributed by atoms with Crippen LogP contribution in [0.3, 0.4) is 0 Å². The van der Waals surface area contributed by atoms with E-state index in [2.05, 4.69) is 22.3 Å². The Morgan fingerprint density at radius 3 is 2.36 bits per heavy atom. The molecule has 0 aliphatic heterocycles. The van der Waals surface area contributed by atoms with Gasteiger partial charge in [-0.1, -0.05) is 44.7 Å². The number of ether oxygens (including phenoxy) is 1. The van der Waals surface area contributed by atoms with E-state index >= 15 is 0 Å². The molecular formula is C17H26N2O3. The van der Waals surface area contributed by atoms with Crippen LogP contribution in [0.25, 0.3) is 0 Å². The molecule has 0 aromatic heterocycles. The molecule has 0 aliphatic rings.